The lowest BCUT2D eigenvalue weighted by atomic mass is 10.2. The van der Waals surface area contributed by atoms with Gasteiger partial charge in [-0.2, -0.15) is 0 Å². The number of hydrogen-bond donors (Lipinski definition) is 2. The minimum absolute atomic E-state index is 0.165. The summed E-state index contributed by atoms with van der Waals surface area (Å²) >= 11 is 3.39. The molecule has 0 fully saturated rings. The first kappa shape index (κ1) is 18.1. The molecule has 1 heterocycles. The third-order valence-corrected chi connectivity index (χ3v) is 4.25. The van der Waals surface area contributed by atoms with Gasteiger partial charge in [0.25, 0.3) is 5.91 Å². The van der Waals surface area contributed by atoms with Crippen molar-refractivity contribution < 1.29 is 9.53 Å². The first-order chi connectivity index (χ1) is 12.6. The molecule has 0 aliphatic carbocycles. The average Bonchev–Trinajstić information content (AvgIpc) is 2.67. The van der Waals surface area contributed by atoms with Gasteiger partial charge in [-0.1, -0.05) is 34.1 Å². The van der Waals surface area contributed by atoms with Crippen molar-refractivity contribution in [2.24, 2.45) is 5.73 Å². The molecule has 0 saturated carbocycles. The highest BCUT2D eigenvalue weighted by atomic mass is 79.9. The molecule has 6 heteroatoms. The number of rotatable bonds is 6. The van der Waals surface area contributed by atoms with Gasteiger partial charge in [0.15, 0.2) is 0 Å². The molecule has 1 aromatic heterocycles. The summed E-state index contributed by atoms with van der Waals surface area (Å²) in [6.07, 6.45) is 1.65. The average molecular weight is 412 g/mol. The summed E-state index contributed by atoms with van der Waals surface area (Å²) in [7, 11) is 0. The van der Waals surface area contributed by atoms with Gasteiger partial charge < -0.3 is 15.8 Å². The van der Waals surface area contributed by atoms with Crippen molar-refractivity contribution >= 4 is 21.8 Å². The number of halogens is 1. The van der Waals surface area contributed by atoms with E-state index >= 15 is 0 Å². The van der Waals surface area contributed by atoms with Gasteiger partial charge in [-0.15, -0.1) is 0 Å². The summed E-state index contributed by atoms with van der Waals surface area (Å²) in [5.41, 5.74) is 8.10. The summed E-state index contributed by atoms with van der Waals surface area (Å²) in [6.45, 7) is 0.870. The maximum Gasteiger partial charge on any atom is 0.251 e. The van der Waals surface area contributed by atoms with Gasteiger partial charge in [-0.3, -0.25) is 4.79 Å². The van der Waals surface area contributed by atoms with Gasteiger partial charge in [0, 0.05) is 35.4 Å². The van der Waals surface area contributed by atoms with E-state index in [0.29, 0.717) is 30.3 Å². The Labute approximate surface area is 160 Å². The van der Waals surface area contributed by atoms with E-state index in [9.17, 15) is 4.79 Å². The first-order valence-corrected chi connectivity index (χ1v) is 8.89. The Bertz CT molecular complexity index is 898. The Morgan fingerprint density at radius 1 is 1.08 bits per heavy atom. The van der Waals surface area contributed by atoms with Crippen molar-refractivity contribution in [2.75, 3.05) is 0 Å². The molecule has 0 radical (unpaired) electrons. The summed E-state index contributed by atoms with van der Waals surface area (Å²) in [6, 6.07) is 18.4. The lowest BCUT2D eigenvalue weighted by molar-refractivity contribution is 0.0950. The van der Waals surface area contributed by atoms with Crippen molar-refractivity contribution in [3.8, 4) is 11.6 Å². The second-order valence-electron chi connectivity index (χ2n) is 5.65. The molecular formula is C20H18BrN3O2. The Morgan fingerprint density at radius 3 is 2.65 bits per heavy atom. The largest absolute Gasteiger partial charge is 0.439 e. The van der Waals surface area contributed by atoms with E-state index in [2.05, 4.69) is 26.2 Å². The molecule has 1 amide bonds. The highest BCUT2D eigenvalue weighted by molar-refractivity contribution is 9.10. The molecule has 0 aliphatic heterocycles. The number of nitrogens with two attached hydrogens (primary N) is 1. The Kier molecular flexibility index (Phi) is 5.99. The number of hydrogen-bond acceptors (Lipinski definition) is 4. The SMILES string of the molecule is NCc1ccnc(Oc2cccc(C(=O)NCc3ccc(Br)cc3)c2)c1. The smallest absolute Gasteiger partial charge is 0.251 e. The molecule has 26 heavy (non-hydrogen) atoms. The van der Waals surface area contributed by atoms with Crippen molar-refractivity contribution in [2.45, 2.75) is 13.1 Å². The van der Waals surface area contributed by atoms with Crippen LogP contribution in [0.15, 0.2) is 71.3 Å². The lowest BCUT2D eigenvalue weighted by Crippen LogP contribution is -2.22. The van der Waals surface area contributed by atoms with Crippen molar-refractivity contribution in [3.05, 3.63) is 88.0 Å². The molecule has 3 aromatic rings. The number of benzene rings is 2. The second kappa shape index (κ2) is 8.60. The van der Waals surface area contributed by atoms with Crippen LogP contribution in [0.3, 0.4) is 0 Å². The number of ether oxygens (including phenoxy) is 1. The highest BCUT2D eigenvalue weighted by Gasteiger charge is 2.08. The van der Waals surface area contributed by atoms with E-state index in [1.807, 2.05) is 30.3 Å². The van der Waals surface area contributed by atoms with Crippen LogP contribution in [0.1, 0.15) is 21.5 Å². The fraction of sp³-hybridized carbons (Fsp3) is 0.100. The third-order valence-electron chi connectivity index (χ3n) is 3.72. The van der Waals surface area contributed by atoms with Gasteiger partial charge >= 0.3 is 0 Å². The highest BCUT2D eigenvalue weighted by Crippen LogP contribution is 2.21. The molecule has 0 saturated heterocycles. The Balaban J connectivity index is 1.65. The normalized spacial score (nSPS) is 10.4. The molecule has 0 aliphatic rings. The van der Waals surface area contributed by atoms with E-state index in [0.717, 1.165) is 15.6 Å². The third kappa shape index (κ3) is 4.91. The van der Waals surface area contributed by atoms with E-state index in [-0.39, 0.29) is 5.91 Å². The van der Waals surface area contributed by atoms with Crippen LogP contribution in [0.25, 0.3) is 0 Å². The van der Waals surface area contributed by atoms with Gasteiger partial charge in [-0.05, 0) is 47.5 Å². The minimum atomic E-state index is -0.165. The van der Waals surface area contributed by atoms with Gasteiger partial charge in [0.2, 0.25) is 5.88 Å². The number of nitrogens with zero attached hydrogens (tertiary/aromatic N) is 1. The van der Waals surface area contributed by atoms with Crippen molar-refractivity contribution in [1.82, 2.24) is 10.3 Å². The van der Waals surface area contributed by atoms with Crippen LogP contribution in [0.4, 0.5) is 0 Å². The molecular weight excluding hydrogens is 394 g/mol. The summed E-state index contributed by atoms with van der Waals surface area (Å²) in [5.74, 6) is 0.824. The standard InChI is InChI=1S/C20H18BrN3O2/c21-17-6-4-14(5-7-17)13-24-20(25)16-2-1-3-18(11-16)26-19-10-15(12-22)8-9-23-19/h1-11H,12-13,22H2,(H,24,25). The van der Waals surface area contributed by atoms with Gasteiger partial charge in [0.1, 0.15) is 5.75 Å². The zero-order valence-corrected chi connectivity index (χ0v) is 15.6. The van der Waals surface area contributed by atoms with Gasteiger partial charge in [0.05, 0.1) is 0 Å². The van der Waals surface area contributed by atoms with Crippen LogP contribution < -0.4 is 15.8 Å². The molecule has 3 N–H and O–H groups in total. The number of pyridine rings is 1. The lowest BCUT2D eigenvalue weighted by Gasteiger charge is -2.09. The number of carbonyl (C=O) groups is 1. The van der Waals surface area contributed by atoms with E-state index in [1.54, 1.807) is 36.5 Å². The number of carbonyl (C=O) groups excluding carboxylic acids is 1. The zero-order valence-electron chi connectivity index (χ0n) is 14.0. The first-order valence-electron chi connectivity index (χ1n) is 8.09. The molecule has 0 unspecified atom stereocenters. The van der Waals surface area contributed by atoms with E-state index < -0.39 is 0 Å². The second-order valence-corrected chi connectivity index (χ2v) is 6.56. The topological polar surface area (TPSA) is 77.2 Å². The maximum absolute atomic E-state index is 12.4. The van der Waals surface area contributed by atoms with Crippen LogP contribution in [-0.2, 0) is 13.1 Å². The molecule has 132 valence electrons. The van der Waals surface area contributed by atoms with Crippen molar-refractivity contribution in [3.63, 3.8) is 0 Å². The van der Waals surface area contributed by atoms with E-state index in [4.69, 9.17) is 10.5 Å². The molecule has 0 atom stereocenters. The van der Waals surface area contributed by atoms with Crippen LogP contribution in [0.2, 0.25) is 0 Å². The molecule has 2 aromatic carbocycles. The number of aromatic nitrogens is 1. The molecule has 5 nitrogen and oxygen atoms in total. The zero-order chi connectivity index (χ0) is 18.4. The molecule has 0 spiro atoms. The Morgan fingerprint density at radius 2 is 1.88 bits per heavy atom. The predicted molar refractivity (Wildman–Crippen MR) is 104 cm³/mol. The van der Waals surface area contributed by atoms with Gasteiger partial charge in [-0.25, -0.2) is 4.98 Å². The van der Waals surface area contributed by atoms with Crippen molar-refractivity contribution in [1.29, 1.82) is 0 Å². The summed E-state index contributed by atoms with van der Waals surface area (Å²) < 4.78 is 6.74. The van der Waals surface area contributed by atoms with E-state index in [1.165, 1.54) is 0 Å². The van der Waals surface area contributed by atoms with Crippen LogP contribution in [0.5, 0.6) is 11.6 Å². The monoisotopic (exact) mass is 411 g/mol. The van der Waals surface area contributed by atoms with Crippen LogP contribution in [0, 0.1) is 0 Å². The fourth-order valence-electron chi connectivity index (χ4n) is 2.34. The Hall–Kier alpha value is -2.70. The summed E-state index contributed by atoms with van der Waals surface area (Å²) in [5, 5.41) is 2.90. The van der Waals surface area contributed by atoms with Crippen LogP contribution in [-0.4, -0.2) is 10.9 Å². The minimum Gasteiger partial charge on any atom is -0.439 e. The maximum atomic E-state index is 12.4. The summed E-state index contributed by atoms with van der Waals surface area (Å²) in [4.78, 5) is 16.5. The number of nitrogens with one attached hydrogen (secondary N) is 1. The quantitative estimate of drug-likeness (QED) is 0.641. The van der Waals surface area contributed by atoms with Crippen LogP contribution >= 0.6 is 15.9 Å². The molecule has 3 rings (SSSR count). The molecule has 0 bridgehead atoms. The number of amides is 1. The fourth-order valence-corrected chi connectivity index (χ4v) is 2.61. The predicted octanol–water partition coefficient (Wildman–Crippen LogP) is 4.03.